The number of fused-ring (bicyclic) bond motifs is 1. The molecule has 0 saturated carbocycles. The predicted octanol–water partition coefficient (Wildman–Crippen LogP) is -0.490. The van der Waals surface area contributed by atoms with Crippen LogP contribution in [-0.2, 0) is 9.53 Å². The summed E-state index contributed by atoms with van der Waals surface area (Å²) in [6, 6.07) is 4.84. The average molecular weight is 176 g/mol. The number of carbonyl (C=O) groups excluding carboxylic acids is 1. The van der Waals surface area contributed by atoms with Crippen LogP contribution in [-0.4, -0.2) is 18.0 Å². The zero-order valence-electron chi connectivity index (χ0n) is 6.86. The Morgan fingerprint density at radius 1 is 1.46 bits per heavy atom. The van der Waals surface area contributed by atoms with E-state index in [1.54, 1.807) is 24.5 Å². The summed E-state index contributed by atoms with van der Waals surface area (Å²) in [7, 11) is 0. The van der Waals surface area contributed by atoms with E-state index < -0.39 is 0 Å². The molecule has 1 aliphatic rings. The lowest BCUT2D eigenvalue weighted by Crippen LogP contribution is -2.31. The van der Waals surface area contributed by atoms with Crippen molar-refractivity contribution in [3.63, 3.8) is 0 Å². The predicted molar refractivity (Wildman–Crippen MR) is 47.2 cm³/mol. The van der Waals surface area contributed by atoms with Crippen molar-refractivity contribution in [3.8, 4) is 5.75 Å². The molecule has 1 aliphatic heterocycles. The summed E-state index contributed by atoms with van der Waals surface area (Å²) in [6.07, 6.45) is 2.32. The first kappa shape index (κ1) is 7.86. The van der Waals surface area contributed by atoms with Gasteiger partial charge in [-0.3, -0.25) is 4.79 Å². The number of hydrogen-bond acceptors (Lipinski definition) is 3. The summed E-state index contributed by atoms with van der Waals surface area (Å²) in [4.78, 5) is 10.6. The molecule has 0 fully saturated rings. The largest absolute Gasteiger partial charge is 0.508 e. The van der Waals surface area contributed by atoms with E-state index in [9.17, 15) is 9.90 Å². The maximum Gasteiger partial charge on any atom is 0.150 e. The van der Waals surface area contributed by atoms with Gasteiger partial charge >= 0.3 is 0 Å². The highest BCUT2D eigenvalue weighted by molar-refractivity contribution is 5.99. The zero-order valence-corrected chi connectivity index (χ0v) is 6.86. The van der Waals surface area contributed by atoms with Gasteiger partial charge < -0.3 is 9.84 Å². The van der Waals surface area contributed by atoms with E-state index in [0.717, 1.165) is 16.7 Å². The lowest BCUT2D eigenvalue weighted by atomic mass is 10.1. The van der Waals surface area contributed by atoms with Crippen LogP contribution in [0.5, 0.6) is 5.75 Å². The number of ether oxygens (including phenoxy) is 1. The van der Waals surface area contributed by atoms with E-state index in [-0.39, 0.29) is 5.75 Å². The summed E-state index contributed by atoms with van der Waals surface area (Å²) in [5.74, 6) is 0.172. The molecule has 0 radical (unpaired) electrons. The van der Waals surface area contributed by atoms with Crippen LogP contribution in [0.1, 0.15) is 0 Å². The van der Waals surface area contributed by atoms with Crippen LogP contribution in [0.3, 0.4) is 0 Å². The second kappa shape index (κ2) is 2.94. The number of phenolic OH excluding ortho intramolecular Hbond substituents is 1. The molecule has 0 spiro atoms. The van der Waals surface area contributed by atoms with Gasteiger partial charge in [-0.15, -0.1) is 0 Å². The quantitative estimate of drug-likeness (QED) is 0.587. The van der Waals surface area contributed by atoms with Crippen LogP contribution in [0, 0.1) is 0 Å². The molecule has 0 saturated heterocycles. The molecule has 3 nitrogen and oxygen atoms in total. The Morgan fingerprint density at radius 2 is 2.31 bits per heavy atom. The number of rotatable bonds is 1. The monoisotopic (exact) mass is 176 g/mol. The summed E-state index contributed by atoms with van der Waals surface area (Å²) < 4.78 is 5.05. The third-order valence-corrected chi connectivity index (χ3v) is 1.97. The fourth-order valence-electron chi connectivity index (χ4n) is 1.34. The molecule has 1 aromatic carbocycles. The summed E-state index contributed by atoms with van der Waals surface area (Å²) in [6.45, 7) is 0.307. The van der Waals surface area contributed by atoms with Gasteiger partial charge in [0.1, 0.15) is 18.6 Å². The molecule has 0 bridgehead atoms. The molecule has 0 aliphatic carbocycles. The minimum absolute atomic E-state index is 0.172. The third kappa shape index (κ3) is 1.28. The van der Waals surface area contributed by atoms with E-state index in [2.05, 4.69) is 0 Å². The Labute approximate surface area is 74.6 Å². The molecule has 13 heavy (non-hydrogen) atoms. The minimum atomic E-state index is 0.172. The van der Waals surface area contributed by atoms with Crippen LogP contribution in [0.15, 0.2) is 18.2 Å². The number of benzene rings is 1. The smallest absolute Gasteiger partial charge is 0.150 e. The van der Waals surface area contributed by atoms with Crippen LogP contribution < -0.4 is 10.4 Å². The molecule has 1 N–H and O–H groups in total. The second-order valence-electron chi connectivity index (χ2n) is 2.84. The Morgan fingerprint density at radius 3 is 3.08 bits per heavy atom. The first-order valence-electron chi connectivity index (χ1n) is 3.90. The highest BCUT2D eigenvalue weighted by Gasteiger charge is 2.03. The molecule has 0 atom stereocenters. The highest BCUT2D eigenvalue weighted by Crippen LogP contribution is 2.01. The number of carbonyl (C=O) groups is 1. The van der Waals surface area contributed by atoms with Gasteiger partial charge in [0.15, 0.2) is 0 Å². The van der Waals surface area contributed by atoms with Crippen molar-refractivity contribution >= 4 is 18.1 Å². The molecule has 1 aromatic rings. The normalized spacial score (nSPS) is 14.0. The Kier molecular flexibility index (Phi) is 1.77. The van der Waals surface area contributed by atoms with Crippen LogP contribution in [0.4, 0.5) is 0 Å². The van der Waals surface area contributed by atoms with Crippen LogP contribution >= 0.6 is 0 Å². The van der Waals surface area contributed by atoms with Crippen molar-refractivity contribution in [2.45, 2.75) is 0 Å². The molecule has 0 unspecified atom stereocenters. The van der Waals surface area contributed by atoms with Gasteiger partial charge in [0.2, 0.25) is 0 Å². The Bertz CT molecular complexity index is 460. The van der Waals surface area contributed by atoms with Crippen molar-refractivity contribution in [1.82, 2.24) is 0 Å². The average Bonchev–Trinajstić information content (AvgIpc) is 2.16. The number of aldehydes is 1. The number of aromatic hydroxyl groups is 1. The Balaban J connectivity index is 2.84. The lowest BCUT2D eigenvalue weighted by Gasteiger charge is -2.06. The van der Waals surface area contributed by atoms with E-state index in [1.807, 2.05) is 0 Å². The van der Waals surface area contributed by atoms with E-state index >= 15 is 0 Å². The first-order valence-corrected chi connectivity index (χ1v) is 3.90. The van der Waals surface area contributed by atoms with Gasteiger partial charge in [0, 0.05) is 10.8 Å². The van der Waals surface area contributed by atoms with Gasteiger partial charge in [-0.05, 0) is 17.4 Å². The summed E-state index contributed by atoms with van der Waals surface area (Å²) >= 11 is 0. The third-order valence-electron chi connectivity index (χ3n) is 1.97. The van der Waals surface area contributed by atoms with E-state index in [0.29, 0.717) is 12.2 Å². The zero-order chi connectivity index (χ0) is 9.26. The molecule has 0 aromatic heterocycles. The van der Waals surface area contributed by atoms with Crippen molar-refractivity contribution in [2.24, 2.45) is 0 Å². The van der Waals surface area contributed by atoms with Crippen molar-refractivity contribution in [1.29, 1.82) is 0 Å². The molecule has 0 amide bonds. The standard InChI is InChI=1S/C10H8O3/c11-4-8-6-13-5-7-3-9(12)1-2-10(7)8/h1-5,12H,6H2. The van der Waals surface area contributed by atoms with Gasteiger partial charge in [-0.1, -0.05) is 6.07 Å². The Hall–Kier alpha value is -1.77. The fourth-order valence-corrected chi connectivity index (χ4v) is 1.34. The van der Waals surface area contributed by atoms with Crippen molar-refractivity contribution in [2.75, 3.05) is 6.61 Å². The molecular formula is C10H8O3. The fraction of sp³-hybridized carbons (Fsp3) is 0.100. The number of phenols is 1. The van der Waals surface area contributed by atoms with Crippen molar-refractivity contribution in [3.05, 3.63) is 28.6 Å². The first-order chi connectivity index (χ1) is 6.31. The summed E-state index contributed by atoms with van der Waals surface area (Å²) in [5, 5.41) is 10.8. The highest BCUT2D eigenvalue weighted by atomic mass is 16.5. The molecule has 3 heteroatoms. The van der Waals surface area contributed by atoms with Gasteiger partial charge in [0.05, 0.1) is 6.26 Å². The van der Waals surface area contributed by atoms with Gasteiger partial charge in [0.25, 0.3) is 0 Å². The van der Waals surface area contributed by atoms with Crippen molar-refractivity contribution < 1.29 is 14.6 Å². The van der Waals surface area contributed by atoms with Crippen LogP contribution in [0.25, 0.3) is 11.8 Å². The maximum atomic E-state index is 10.6. The molecule has 66 valence electrons. The number of hydrogen-bond donors (Lipinski definition) is 1. The second-order valence-corrected chi connectivity index (χ2v) is 2.84. The maximum absolute atomic E-state index is 10.6. The SMILES string of the molecule is O=CC1=c2ccc(O)cc2=COC1. The molecular weight excluding hydrogens is 168 g/mol. The molecule has 1 heterocycles. The summed E-state index contributed by atoms with van der Waals surface area (Å²) in [5.41, 5.74) is 0.609. The lowest BCUT2D eigenvalue weighted by molar-refractivity contribution is -0.103. The van der Waals surface area contributed by atoms with Gasteiger partial charge in [-0.25, -0.2) is 0 Å². The van der Waals surface area contributed by atoms with E-state index in [1.165, 1.54) is 0 Å². The van der Waals surface area contributed by atoms with E-state index in [4.69, 9.17) is 4.74 Å². The van der Waals surface area contributed by atoms with Gasteiger partial charge in [-0.2, -0.15) is 0 Å². The molecule has 2 rings (SSSR count). The van der Waals surface area contributed by atoms with Crippen LogP contribution in [0.2, 0.25) is 0 Å². The topological polar surface area (TPSA) is 46.5 Å². The minimum Gasteiger partial charge on any atom is -0.508 e.